The number of azo groups is 1. The molecule has 0 heterocycles. The third-order valence-electron chi connectivity index (χ3n) is 3.47. The molecule has 0 radical (unpaired) electrons. The Morgan fingerprint density at radius 2 is 0.960 bits per heavy atom. The van der Waals surface area contributed by atoms with Crippen LogP contribution in [0.4, 0.5) is 9.59 Å². The quantitative estimate of drug-likeness (QED) is 0.385. The third kappa shape index (κ3) is 17.6. The van der Waals surface area contributed by atoms with Crippen LogP contribution in [0.5, 0.6) is 0 Å². The number of unbranched alkanes of at least 4 members (excludes halogenated alkanes) is 3. The Hall–Kier alpha value is -1.03. The molecule has 0 atom stereocenters. The van der Waals surface area contributed by atoms with Crippen molar-refractivity contribution in [3.05, 3.63) is 0 Å². The zero-order chi connectivity index (χ0) is 19.7. The van der Waals surface area contributed by atoms with Gasteiger partial charge in [0.15, 0.2) is 0 Å². The van der Waals surface area contributed by atoms with E-state index in [9.17, 15) is 9.59 Å². The monoisotopic (exact) mass is 374 g/mol. The van der Waals surface area contributed by atoms with Crippen molar-refractivity contribution in [2.75, 3.05) is 46.7 Å². The molecule has 0 aromatic rings. The molecule has 0 aromatic heterocycles. The number of nitrogens with zero attached hydrogens (tertiary/aromatic N) is 4. The topological polar surface area (TPSA) is 65.3 Å². The third-order valence-corrected chi connectivity index (χ3v) is 6.32. The normalized spacial score (nSPS) is 10.6. The number of hydrogen-bond acceptors (Lipinski definition) is 2. The van der Waals surface area contributed by atoms with Gasteiger partial charge in [0.1, 0.15) is 0 Å². The van der Waals surface area contributed by atoms with Gasteiger partial charge in [-0.1, -0.05) is 50.3 Å². The second kappa shape index (κ2) is 17.8. The molecule has 25 heavy (non-hydrogen) atoms. The van der Waals surface area contributed by atoms with Crippen LogP contribution in [0.2, 0.25) is 0 Å². The van der Waals surface area contributed by atoms with Crippen molar-refractivity contribution in [2.45, 2.75) is 59.3 Å². The fourth-order valence-corrected chi connectivity index (χ4v) is 4.71. The highest BCUT2D eigenvalue weighted by molar-refractivity contribution is 7.57. The SMILES string of the molecule is CCCCP(CCCC)CCCC.CN(C)C(=O)N=NC(=O)N(C)C. The molecule has 0 fully saturated rings. The summed E-state index contributed by atoms with van der Waals surface area (Å²) in [5.74, 6) is 0. The van der Waals surface area contributed by atoms with Crippen LogP contribution in [0.25, 0.3) is 0 Å². The van der Waals surface area contributed by atoms with E-state index in [0.717, 1.165) is 0 Å². The molecular weight excluding hydrogens is 335 g/mol. The van der Waals surface area contributed by atoms with Gasteiger partial charge in [0, 0.05) is 28.2 Å². The molecule has 148 valence electrons. The van der Waals surface area contributed by atoms with Crippen LogP contribution in [0.1, 0.15) is 59.3 Å². The van der Waals surface area contributed by atoms with Crippen molar-refractivity contribution in [2.24, 2.45) is 10.2 Å². The van der Waals surface area contributed by atoms with E-state index in [4.69, 9.17) is 0 Å². The fourth-order valence-electron chi connectivity index (χ4n) is 1.75. The molecule has 0 aromatic carbocycles. The molecule has 7 heteroatoms. The van der Waals surface area contributed by atoms with E-state index in [1.54, 1.807) is 18.5 Å². The maximum absolute atomic E-state index is 10.8. The Kier molecular flexibility index (Phi) is 18.6. The maximum atomic E-state index is 10.8. The highest BCUT2D eigenvalue weighted by atomic mass is 31.1. The van der Waals surface area contributed by atoms with Crippen LogP contribution in [0, 0.1) is 0 Å². The molecule has 0 unspecified atom stereocenters. The summed E-state index contributed by atoms with van der Waals surface area (Å²) in [6.45, 7) is 6.94. The number of rotatable bonds is 9. The van der Waals surface area contributed by atoms with Crippen molar-refractivity contribution < 1.29 is 9.59 Å². The lowest BCUT2D eigenvalue weighted by molar-refractivity contribution is 0.218. The minimum atomic E-state index is -0.551. The predicted molar refractivity (Wildman–Crippen MR) is 109 cm³/mol. The maximum Gasteiger partial charge on any atom is 0.361 e. The first kappa shape index (κ1) is 26.2. The number of amides is 4. The van der Waals surface area contributed by atoms with Crippen LogP contribution in [-0.4, -0.2) is 68.5 Å². The van der Waals surface area contributed by atoms with Gasteiger partial charge in [-0.15, -0.1) is 7.92 Å². The molecule has 0 aliphatic carbocycles. The summed E-state index contributed by atoms with van der Waals surface area (Å²) < 4.78 is 0. The molecule has 0 N–H and O–H groups in total. The van der Waals surface area contributed by atoms with Crippen molar-refractivity contribution in [1.29, 1.82) is 0 Å². The van der Waals surface area contributed by atoms with Gasteiger partial charge in [0.2, 0.25) is 0 Å². The van der Waals surface area contributed by atoms with E-state index in [1.807, 2.05) is 0 Å². The minimum absolute atomic E-state index is 0.422. The number of urea groups is 2. The van der Waals surface area contributed by atoms with Crippen LogP contribution >= 0.6 is 7.92 Å². The lowest BCUT2D eigenvalue weighted by Crippen LogP contribution is -2.20. The first-order chi connectivity index (χ1) is 11.8. The van der Waals surface area contributed by atoms with Gasteiger partial charge in [-0.2, -0.15) is 0 Å². The summed E-state index contributed by atoms with van der Waals surface area (Å²) in [5, 5.41) is 6.33. The van der Waals surface area contributed by atoms with E-state index < -0.39 is 12.1 Å². The fraction of sp³-hybridized carbons (Fsp3) is 0.889. The van der Waals surface area contributed by atoms with E-state index in [-0.39, 0.29) is 0 Å². The molecule has 6 nitrogen and oxygen atoms in total. The second-order valence-electron chi connectivity index (χ2n) is 6.46. The van der Waals surface area contributed by atoms with Gasteiger partial charge in [-0.25, -0.2) is 9.59 Å². The summed E-state index contributed by atoms with van der Waals surface area (Å²) in [5.41, 5.74) is 0. The van der Waals surface area contributed by atoms with Crippen LogP contribution in [0.3, 0.4) is 0 Å². The van der Waals surface area contributed by atoms with Crippen LogP contribution in [-0.2, 0) is 0 Å². The Labute approximate surface area is 156 Å². The molecule has 0 saturated carbocycles. The molecule has 0 aliphatic rings. The lowest BCUT2D eigenvalue weighted by Gasteiger charge is -2.16. The van der Waals surface area contributed by atoms with E-state index >= 15 is 0 Å². The Morgan fingerprint density at radius 1 is 0.680 bits per heavy atom. The van der Waals surface area contributed by atoms with Crippen molar-refractivity contribution in [3.63, 3.8) is 0 Å². The van der Waals surface area contributed by atoms with Gasteiger partial charge < -0.3 is 9.80 Å². The standard InChI is InChI=1S/C12H27P.C6H12N4O2/c1-4-7-10-13(11-8-5-2)12-9-6-3;1-9(2)5(11)7-8-6(12)10(3)4/h4-12H2,1-3H3;1-4H3. The predicted octanol–water partition coefficient (Wildman–Crippen LogP) is 5.67. The first-order valence-corrected chi connectivity index (χ1v) is 11.3. The van der Waals surface area contributed by atoms with Crippen molar-refractivity contribution in [3.8, 4) is 0 Å². The minimum Gasteiger partial charge on any atom is -0.328 e. The summed E-state index contributed by atoms with van der Waals surface area (Å²) in [7, 11) is 6.54. The van der Waals surface area contributed by atoms with Gasteiger partial charge in [0.25, 0.3) is 0 Å². The molecule has 0 saturated heterocycles. The van der Waals surface area contributed by atoms with Crippen LogP contribution < -0.4 is 0 Å². The number of carbonyl (C=O) groups is 2. The molecular formula is C18H39N4O2P. The van der Waals surface area contributed by atoms with Crippen molar-refractivity contribution in [1.82, 2.24) is 9.80 Å². The van der Waals surface area contributed by atoms with E-state index in [2.05, 4.69) is 31.0 Å². The zero-order valence-corrected chi connectivity index (χ0v) is 18.3. The largest absolute Gasteiger partial charge is 0.361 e. The lowest BCUT2D eigenvalue weighted by atomic mass is 10.4. The highest BCUT2D eigenvalue weighted by Crippen LogP contribution is 2.38. The molecule has 4 amide bonds. The number of carbonyl (C=O) groups excluding carboxylic acids is 2. The average molecular weight is 375 g/mol. The first-order valence-electron chi connectivity index (χ1n) is 9.36. The summed E-state index contributed by atoms with van der Waals surface area (Å²) in [6, 6.07) is -1.10. The Morgan fingerprint density at radius 3 is 1.16 bits per heavy atom. The van der Waals surface area contributed by atoms with Gasteiger partial charge >= 0.3 is 12.1 Å². The average Bonchev–Trinajstić information content (AvgIpc) is 2.58. The highest BCUT2D eigenvalue weighted by Gasteiger charge is 2.05. The van der Waals surface area contributed by atoms with Gasteiger partial charge in [-0.05, 0) is 37.7 Å². The molecule has 0 spiro atoms. The second-order valence-corrected chi connectivity index (χ2v) is 9.14. The Bertz CT molecular complexity index is 333. The van der Waals surface area contributed by atoms with Crippen molar-refractivity contribution >= 4 is 20.0 Å². The van der Waals surface area contributed by atoms with E-state index in [1.165, 1.54) is 76.5 Å². The molecule has 0 bridgehead atoms. The zero-order valence-electron chi connectivity index (χ0n) is 17.4. The summed E-state index contributed by atoms with van der Waals surface area (Å²) >= 11 is 0. The summed E-state index contributed by atoms with van der Waals surface area (Å²) in [6.07, 6.45) is 13.2. The van der Waals surface area contributed by atoms with Gasteiger partial charge in [-0.3, -0.25) is 0 Å². The number of hydrogen-bond donors (Lipinski definition) is 0. The van der Waals surface area contributed by atoms with Crippen LogP contribution in [0.15, 0.2) is 10.2 Å². The summed E-state index contributed by atoms with van der Waals surface area (Å²) in [4.78, 5) is 24.0. The molecule has 0 aliphatic heterocycles. The smallest absolute Gasteiger partial charge is 0.328 e. The van der Waals surface area contributed by atoms with E-state index in [0.29, 0.717) is 7.92 Å². The Balaban J connectivity index is 0. The van der Waals surface area contributed by atoms with Gasteiger partial charge in [0.05, 0.1) is 0 Å². The molecule has 0 rings (SSSR count).